The van der Waals surface area contributed by atoms with Gasteiger partial charge in [-0.1, -0.05) is 0 Å². The summed E-state index contributed by atoms with van der Waals surface area (Å²) in [6, 6.07) is 0. The van der Waals surface area contributed by atoms with Crippen LogP contribution >= 0.6 is 0 Å². The van der Waals surface area contributed by atoms with Gasteiger partial charge in [-0.2, -0.15) is 0 Å². The zero-order valence-corrected chi connectivity index (χ0v) is 8.71. The maximum atomic E-state index is 11.1. The Balaban J connectivity index is 5.66. The minimum Gasteiger partial charge on any atom is -0.512 e. The highest BCUT2D eigenvalue weighted by Crippen LogP contribution is 2.18. The van der Waals surface area contributed by atoms with Crippen LogP contribution in [-0.4, -0.2) is 21.8 Å². The summed E-state index contributed by atoms with van der Waals surface area (Å²) in [5.74, 6) is -1.44. The molecule has 4 heteroatoms. The van der Waals surface area contributed by atoms with E-state index in [0.29, 0.717) is 0 Å². The normalized spacial score (nSPS) is 14.3. The van der Waals surface area contributed by atoms with Crippen molar-refractivity contribution < 1.29 is 19.8 Å². The lowest BCUT2D eigenvalue weighted by atomic mass is 9.97. The molecule has 0 aliphatic carbocycles. The van der Waals surface area contributed by atoms with Crippen LogP contribution < -0.4 is 0 Å². The van der Waals surface area contributed by atoms with E-state index in [1.807, 2.05) is 0 Å². The first kappa shape index (κ1) is 12.4. The van der Waals surface area contributed by atoms with Crippen molar-refractivity contribution in [2.45, 2.75) is 27.7 Å². The van der Waals surface area contributed by atoms with Crippen LogP contribution in [0.15, 0.2) is 22.7 Å². The third kappa shape index (κ3) is 2.73. The molecule has 0 aliphatic rings. The van der Waals surface area contributed by atoms with Crippen molar-refractivity contribution in [2.24, 2.45) is 0 Å². The SMILES string of the molecule is CC(=O)C(=C(/C)O)/C(C(C)=O)=C(\C)O. The molecule has 2 N–H and O–H groups in total. The summed E-state index contributed by atoms with van der Waals surface area (Å²) in [5.41, 5.74) is -0.255. The number of hydrogen-bond acceptors (Lipinski definition) is 4. The van der Waals surface area contributed by atoms with Gasteiger partial charge in [0.15, 0.2) is 11.6 Å². The van der Waals surface area contributed by atoms with Crippen LogP contribution in [0, 0.1) is 0 Å². The Morgan fingerprint density at radius 3 is 1.00 bits per heavy atom. The molecule has 0 amide bonds. The smallest absolute Gasteiger partial charge is 0.164 e. The minimum absolute atomic E-state index is 0.127. The molecule has 0 unspecified atom stereocenters. The molecule has 4 nitrogen and oxygen atoms in total. The van der Waals surface area contributed by atoms with Crippen molar-refractivity contribution in [1.29, 1.82) is 0 Å². The van der Waals surface area contributed by atoms with Crippen molar-refractivity contribution in [2.75, 3.05) is 0 Å². The third-order valence-electron chi connectivity index (χ3n) is 1.68. The van der Waals surface area contributed by atoms with Gasteiger partial charge in [-0.25, -0.2) is 0 Å². The van der Waals surface area contributed by atoms with E-state index in [0.717, 1.165) is 0 Å². The molecule has 0 fully saturated rings. The van der Waals surface area contributed by atoms with E-state index >= 15 is 0 Å². The van der Waals surface area contributed by atoms with Gasteiger partial charge in [0.05, 0.1) is 11.1 Å². The van der Waals surface area contributed by atoms with Crippen molar-refractivity contribution in [3.63, 3.8) is 0 Å². The van der Waals surface area contributed by atoms with Gasteiger partial charge in [-0.05, 0) is 27.7 Å². The topological polar surface area (TPSA) is 74.6 Å². The predicted molar refractivity (Wildman–Crippen MR) is 52.0 cm³/mol. The number of ketones is 2. The fourth-order valence-electron chi connectivity index (χ4n) is 1.22. The van der Waals surface area contributed by atoms with Crippen molar-refractivity contribution >= 4 is 11.6 Å². The average molecular weight is 198 g/mol. The van der Waals surface area contributed by atoms with Gasteiger partial charge in [0, 0.05) is 0 Å². The minimum atomic E-state index is -0.455. The molecule has 14 heavy (non-hydrogen) atoms. The molecule has 0 saturated carbocycles. The average Bonchev–Trinajstić information content (AvgIpc) is 1.96. The molecule has 0 heterocycles. The molecule has 0 spiro atoms. The molecular formula is C10H14O4. The largest absolute Gasteiger partial charge is 0.512 e. The fraction of sp³-hybridized carbons (Fsp3) is 0.400. The van der Waals surface area contributed by atoms with Crippen LogP contribution in [0.4, 0.5) is 0 Å². The molecule has 78 valence electrons. The lowest BCUT2D eigenvalue weighted by molar-refractivity contribution is -0.116. The van der Waals surface area contributed by atoms with Gasteiger partial charge in [0.2, 0.25) is 0 Å². The van der Waals surface area contributed by atoms with E-state index < -0.39 is 11.6 Å². The van der Waals surface area contributed by atoms with Gasteiger partial charge in [-0.3, -0.25) is 9.59 Å². The van der Waals surface area contributed by atoms with Crippen LogP contribution in [-0.2, 0) is 9.59 Å². The Kier molecular flexibility index (Phi) is 4.08. The number of aliphatic hydroxyl groups is 2. The highest BCUT2D eigenvalue weighted by atomic mass is 16.3. The molecule has 0 aromatic rings. The number of aliphatic hydroxyl groups excluding tert-OH is 2. The first-order valence-corrected chi connectivity index (χ1v) is 4.11. The second-order valence-corrected chi connectivity index (χ2v) is 3.03. The second kappa shape index (κ2) is 4.60. The van der Waals surface area contributed by atoms with E-state index in [1.54, 1.807) is 0 Å². The van der Waals surface area contributed by atoms with Gasteiger partial charge < -0.3 is 10.2 Å². The molecule has 0 aromatic heterocycles. The first-order valence-electron chi connectivity index (χ1n) is 4.11. The Bertz CT molecular complexity index is 292. The zero-order valence-electron chi connectivity index (χ0n) is 8.71. The third-order valence-corrected chi connectivity index (χ3v) is 1.68. The number of allylic oxidation sites excluding steroid dienone is 4. The molecule has 0 aromatic carbocycles. The summed E-state index contributed by atoms with van der Waals surface area (Å²) in [6.07, 6.45) is 0. The van der Waals surface area contributed by atoms with Gasteiger partial charge in [0.1, 0.15) is 11.5 Å². The number of Topliss-reactive ketones (excluding diaryl/α,β-unsaturated/α-hetero) is 2. The van der Waals surface area contributed by atoms with Crippen LogP contribution in [0.5, 0.6) is 0 Å². The van der Waals surface area contributed by atoms with Crippen molar-refractivity contribution in [3.8, 4) is 0 Å². The maximum Gasteiger partial charge on any atom is 0.164 e. The first-order chi connectivity index (χ1) is 6.29. The fourth-order valence-corrected chi connectivity index (χ4v) is 1.22. The molecule has 0 bridgehead atoms. The van der Waals surface area contributed by atoms with Gasteiger partial charge in [-0.15, -0.1) is 0 Å². The monoisotopic (exact) mass is 198 g/mol. The molecule has 0 aliphatic heterocycles. The lowest BCUT2D eigenvalue weighted by Gasteiger charge is -2.08. The van der Waals surface area contributed by atoms with Gasteiger partial charge in [0.25, 0.3) is 0 Å². The van der Waals surface area contributed by atoms with Crippen LogP contribution in [0.3, 0.4) is 0 Å². The predicted octanol–water partition coefficient (Wildman–Crippen LogP) is 1.83. The number of carbonyl (C=O) groups excluding carboxylic acids is 2. The van der Waals surface area contributed by atoms with Crippen molar-refractivity contribution in [1.82, 2.24) is 0 Å². The van der Waals surface area contributed by atoms with Crippen molar-refractivity contribution in [3.05, 3.63) is 22.7 Å². The Morgan fingerprint density at radius 2 is 0.929 bits per heavy atom. The molecule has 0 atom stereocenters. The number of carbonyl (C=O) groups is 2. The lowest BCUT2D eigenvalue weighted by Crippen LogP contribution is -2.11. The quantitative estimate of drug-likeness (QED) is 0.412. The van der Waals surface area contributed by atoms with E-state index in [9.17, 15) is 19.8 Å². The van der Waals surface area contributed by atoms with E-state index in [1.165, 1.54) is 27.7 Å². The van der Waals surface area contributed by atoms with Crippen LogP contribution in [0.1, 0.15) is 27.7 Å². The standard InChI is InChI=1S/C10H14O4/c1-5(11)9(6(2)12)10(7(3)13)8(4)14/h11,13H,1-4H3/b9-5+,10-7+. The number of rotatable bonds is 3. The maximum absolute atomic E-state index is 11.1. The summed E-state index contributed by atoms with van der Waals surface area (Å²) < 4.78 is 0. The number of hydrogen-bond donors (Lipinski definition) is 2. The Hall–Kier alpha value is -1.58. The zero-order chi connectivity index (χ0) is 11.5. The highest BCUT2D eigenvalue weighted by Gasteiger charge is 2.20. The summed E-state index contributed by atoms with van der Waals surface area (Å²) in [5, 5.41) is 18.4. The Labute approximate surface area is 82.6 Å². The summed E-state index contributed by atoms with van der Waals surface area (Å²) >= 11 is 0. The molecule has 0 saturated heterocycles. The second-order valence-electron chi connectivity index (χ2n) is 3.03. The van der Waals surface area contributed by atoms with Crippen LogP contribution in [0.25, 0.3) is 0 Å². The van der Waals surface area contributed by atoms with Crippen LogP contribution in [0.2, 0.25) is 0 Å². The summed E-state index contributed by atoms with van der Waals surface area (Å²) in [7, 11) is 0. The van der Waals surface area contributed by atoms with E-state index in [2.05, 4.69) is 0 Å². The highest BCUT2D eigenvalue weighted by molar-refractivity contribution is 6.11. The molecule has 0 radical (unpaired) electrons. The molecular weight excluding hydrogens is 184 g/mol. The Morgan fingerprint density at radius 1 is 0.714 bits per heavy atom. The molecule has 0 rings (SSSR count). The summed E-state index contributed by atoms with van der Waals surface area (Å²) in [4.78, 5) is 22.2. The van der Waals surface area contributed by atoms with Gasteiger partial charge >= 0.3 is 0 Å². The summed E-state index contributed by atoms with van der Waals surface area (Å²) in [6.45, 7) is 5.03. The van der Waals surface area contributed by atoms with E-state index in [4.69, 9.17) is 0 Å². The van der Waals surface area contributed by atoms with E-state index in [-0.39, 0.29) is 22.7 Å².